The van der Waals surface area contributed by atoms with Gasteiger partial charge in [-0.15, -0.1) is 0 Å². The van der Waals surface area contributed by atoms with Gasteiger partial charge in [0.05, 0.1) is 25.0 Å². The lowest BCUT2D eigenvalue weighted by Crippen LogP contribution is -2.28. The summed E-state index contributed by atoms with van der Waals surface area (Å²) in [6.07, 6.45) is 2.24. The van der Waals surface area contributed by atoms with E-state index in [0.29, 0.717) is 26.1 Å². The molecular weight excluding hydrogens is 278 g/mol. The third kappa shape index (κ3) is 2.73. The lowest BCUT2D eigenvalue weighted by molar-refractivity contribution is 0.234. The minimum absolute atomic E-state index is 0.0102. The molecule has 1 N–H and O–H groups in total. The number of nitrogens with one attached hydrogen (secondary N) is 1. The van der Waals surface area contributed by atoms with Gasteiger partial charge in [0.2, 0.25) is 0 Å². The molecule has 1 aromatic carbocycles. The maximum Gasteiger partial charge on any atom is 0.165 e. The van der Waals surface area contributed by atoms with Gasteiger partial charge < -0.3 is 10.1 Å². The molecule has 0 amide bonds. The number of aromatic nitrogens is 3. The molecule has 0 unspecified atom stereocenters. The molecule has 1 aliphatic heterocycles. The van der Waals surface area contributed by atoms with Gasteiger partial charge in [-0.1, -0.05) is 0 Å². The zero-order chi connectivity index (χ0) is 14.8. The summed E-state index contributed by atoms with van der Waals surface area (Å²) in [7, 11) is 0. The molecule has 0 bridgehead atoms. The van der Waals surface area contributed by atoms with Crippen LogP contribution < -0.4 is 10.1 Å². The van der Waals surface area contributed by atoms with Crippen LogP contribution in [0.4, 0.5) is 8.78 Å². The Balaban J connectivity index is 1.77. The van der Waals surface area contributed by atoms with E-state index in [1.165, 1.54) is 0 Å². The summed E-state index contributed by atoms with van der Waals surface area (Å²) in [5.41, 5.74) is 1.02. The van der Waals surface area contributed by atoms with Gasteiger partial charge in [0, 0.05) is 24.6 Å². The topological polar surface area (TPSA) is 52.0 Å². The van der Waals surface area contributed by atoms with Crippen LogP contribution in [0.1, 0.15) is 30.6 Å². The van der Waals surface area contributed by atoms with E-state index in [0.717, 1.165) is 17.8 Å². The van der Waals surface area contributed by atoms with E-state index in [1.54, 1.807) is 11.0 Å². The summed E-state index contributed by atoms with van der Waals surface area (Å²) in [5, 5.41) is 11.5. The second-order valence-corrected chi connectivity index (χ2v) is 4.87. The first kappa shape index (κ1) is 13.9. The summed E-state index contributed by atoms with van der Waals surface area (Å²) in [5.74, 6) is -0.980. The van der Waals surface area contributed by atoms with Crippen molar-refractivity contribution < 1.29 is 13.5 Å². The summed E-state index contributed by atoms with van der Waals surface area (Å²) < 4.78 is 32.9. The van der Waals surface area contributed by atoms with E-state index >= 15 is 0 Å². The zero-order valence-electron chi connectivity index (χ0n) is 11.6. The van der Waals surface area contributed by atoms with Gasteiger partial charge in [0.15, 0.2) is 11.6 Å². The molecule has 5 nitrogen and oxygen atoms in total. The van der Waals surface area contributed by atoms with Crippen LogP contribution in [0.2, 0.25) is 0 Å². The highest BCUT2D eigenvalue weighted by Gasteiger charge is 2.27. The van der Waals surface area contributed by atoms with Gasteiger partial charge in [-0.3, -0.25) is 0 Å². The third-order valence-corrected chi connectivity index (χ3v) is 3.49. The quantitative estimate of drug-likeness (QED) is 0.939. The smallest absolute Gasteiger partial charge is 0.165 e. The second-order valence-electron chi connectivity index (χ2n) is 4.87. The molecule has 112 valence electrons. The Labute approximate surface area is 120 Å². The molecule has 2 aromatic rings. The van der Waals surface area contributed by atoms with E-state index in [2.05, 4.69) is 15.5 Å². The van der Waals surface area contributed by atoms with Crippen LogP contribution in [-0.2, 0) is 13.1 Å². The van der Waals surface area contributed by atoms with Crippen molar-refractivity contribution in [2.45, 2.75) is 32.5 Å². The molecule has 0 saturated heterocycles. The van der Waals surface area contributed by atoms with Crippen molar-refractivity contribution >= 4 is 0 Å². The van der Waals surface area contributed by atoms with Crippen molar-refractivity contribution in [1.29, 1.82) is 0 Å². The number of hydrogen-bond acceptors (Lipinski definition) is 4. The van der Waals surface area contributed by atoms with Crippen molar-refractivity contribution in [1.82, 2.24) is 20.3 Å². The molecule has 0 aliphatic carbocycles. The molecule has 0 spiro atoms. The predicted molar refractivity (Wildman–Crippen MR) is 71.7 cm³/mol. The van der Waals surface area contributed by atoms with Gasteiger partial charge in [0.1, 0.15) is 5.82 Å². The molecule has 21 heavy (non-hydrogen) atoms. The number of fused-ring (bicyclic) bond motifs is 1. The Morgan fingerprint density at radius 2 is 2.19 bits per heavy atom. The molecule has 3 rings (SSSR count). The van der Waals surface area contributed by atoms with Crippen molar-refractivity contribution in [3.63, 3.8) is 0 Å². The summed E-state index contributed by atoms with van der Waals surface area (Å²) in [6.45, 7) is 3.44. The van der Waals surface area contributed by atoms with Crippen LogP contribution in [0.15, 0.2) is 18.3 Å². The second kappa shape index (κ2) is 5.77. The number of aryl methyl sites for hydroxylation is 1. The molecule has 0 saturated carbocycles. The molecule has 0 fully saturated rings. The van der Waals surface area contributed by atoms with Gasteiger partial charge >= 0.3 is 0 Å². The molecular formula is C14H16F2N4O. The normalized spacial score (nSPS) is 17.4. The lowest BCUT2D eigenvalue weighted by atomic mass is 9.99. The Morgan fingerprint density at radius 1 is 1.38 bits per heavy atom. The maximum atomic E-state index is 14.0. The van der Waals surface area contributed by atoms with Gasteiger partial charge in [-0.25, -0.2) is 8.78 Å². The average molecular weight is 294 g/mol. The van der Waals surface area contributed by atoms with Crippen LogP contribution in [0.25, 0.3) is 0 Å². The molecule has 2 heterocycles. The van der Waals surface area contributed by atoms with E-state index in [9.17, 15) is 8.78 Å². The number of benzene rings is 1. The number of halogens is 2. The van der Waals surface area contributed by atoms with Crippen LogP contribution in [0.5, 0.6) is 5.75 Å². The van der Waals surface area contributed by atoms with E-state index < -0.39 is 11.6 Å². The summed E-state index contributed by atoms with van der Waals surface area (Å²) >= 11 is 0. The Morgan fingerprint density at radius 3 is 2.95 bits per heavy atom. The van der Waals surface area contributed by atoms with Crippen molar-refractivity contribution in [2.75, 3.05) is 6.61 Å². The number of hydrogen-bond donors (Lipinski definition) is 1. The number of rotatable bonds is 4. The van der Waals surface area contributed by atoms with Crippen LogP contribution >= 0.6 is 0 Å². The third-order valence-electron chi connectivity index (χ3n) is 3.49. The zero-order valence-corrected chi connectivity index (χ0v) is 11.6. The largest absolute Gasteiger partial charge is 0.490 e. The molecule has 7 heteroatoms. The lowest BCUT2D eigenvalue weighted by Gasteiger charge is -2.27. The number of nitrogens with zero attached hydrogens (tertiary/aromatic N) is 3. The minimum atomic E-state index is -0.533. The van der Waals surface area contributed by atoms with Gasteiger partial charge in [0.25, 0.3) is 0 Å². The van der Waals surface area contributed by atoms with Crippen LogP contribution in [-0.4, -0.2) is 21.6 Å². The van der Waals surface area contributed by atoms with Crippen LogP contribution in [0, 0.1) is 11.6 Å². The summed E-state index contributed by atoms with van der Waals surface area (Å²) in [4.78, 5) is 1.58. The predicted octanol–water partition coefficient (Wildman–Crippen LogP) is 2.19. The standard InChI is InChI=1S/C14H16F2N4O/c1-2-20-18-8-9(19-20)7-17-12-5-6-21-14-11(16)4-3-10(15)13(12)14/h3-4,8,12,17H,2,5-7H2,1H3/t12-/m1/s1. The van der Waals surface area contributed by atoms with Crippen molar-refractivity contribution in [2.24, 2.45) is 0 Å². The Kier molecular flexibility index (Phi) is 3.83. The van der Waals surface area contributed by atoms with Gasteiger partial charge in [-0.2, -0.15) is 15.0 Å². The number of ether oxygens (including phenoxy) is 1. The average Bonchev–Trinajstić information content (AvgIpc) is 2.97. The fraction of sp³-hybridized carbons (Fsp3) is 0.429. The first-order valence-corrected chi connectivity index (χ1v) is 6.92. The van der Waals surface area contributed by atoms with Crippen LogP contribution in [0.3, 0.4) is 0 Å². The highest BCUT2D eigenvalue weighted by Crippen LogP contribution is 2.36. The van der Waals surface area contributed by atoms with E-state index in [-0.39, 0.29) is 17.4 Å². The molecule has 1 aliphatic rings. The fourth-order valence-corrected chi connectivity index (χ4v) is 2.44. The molecule has 0 radical (unpaired) electrons. The Bertz CT molecular complexity index is 644. The van der Waals surface area contributed by atoms with Crippen molar-refractivity contribution in [3.05, 3.63) is 41.2 Å². The highest BCUT2D eigenvalue weighted by molar-refractivity contribution is 5.40. The van der Waals surface area contributed by atoms with E-state index in [4.69, 9.17) is 4.74 Å². The molecule has 1 atom stereocenters. The first-order valence-electron chi connectivity index (χ1n) is 6.92. The monoisotopic (exact) mass is 294 g/mol. The highest BCUT2D eigenvalue weighted by atomic mass is 19.1. The Hall–Kier alpha value is -2.02. The van der Waals surface area contributed by atoms with Gasteiger partial charge in [-0.05, 0) is 19.1 Å². The maximum absolute atomic E-state index is 14.0. The SMILES string of the molecule is CCn1ncc(CN[C@@H]2CCOc3c(F)ccc(F)c32)n1. The van der Waals surface area contributed by atoms with Crippen molar-refractivity contribution in [3.8, 4) is 5.75 Å². The fourth-order valence-electron chi connectivity index (χ4n) is 2.44. The summed E-state index contributed by atoms with van der Waals surface area (Å²) in [6, 6.07) is 1.92. The minimum Gasteiger partial charge on any atom is -0.490 e. The molecule has 1 aromatic heterocycles. The van der Waals surface area contributed by atoms with E-state index in [1.807, 2.05) is 6.92 Å². The first-order chi connectivity index (χ1) is 10.2.